The van der Waals surface area contributed by atoms with Crippen LogP contribution in [0.4, 0.5) is 0 Å². The molecule has 0 atom stereocenters. The Hall–Kier alpha value is 0.602. The van der Waals surface area contributed by atoms with Crippen molar-refractivity contribution in [3.8, 4) is 0 Å². The van der Waals surface area contributed by atoms with Crippen molar-refractivity contribution in [1.82, 2.24) is 9.97 Å². The maximum atomic E-state index is 9.99. The maximum Gasteiger partial charge on any atom is 1.00 e. The molecular weight excluding hydrogens is 253 g/mol. The summed E-state index contributed by atoms with van der Waals surface area (Å²) in [5.41, 5.74) is -0.141. The molecule has 1 heterocycles. The van der Waals surface area contributed by atoms with E-state index in [0.717, 1.165) is 6.20 Å². The minimum Gasteiger partial charge on any atom is -0.543 e. The summed E-state index contributed by atoms with van der Waals surface area (Å²) >= 11 is 0. The second kappa shape index (κ2) is 5.28. The number of hydrogen-bond donors (Lipinski definition) is 0. The third-order valence-electron chi connectivity index (χ3n) is 0.772. The number of aromatic carboxylic acids is 1. The fourth-order valence-corrected chi connectivity index (χ4v) is 0.405. The molecule has 0 aromatic carbocycles. The zero-order valence-corrected chi connectivity index (χ0v) is 11.7. The van der Waals surface area contributed by atoms with Crippen molar-refractivity contribution in [1.29, 1.82) is 0 Å². The fourth-order valence-electron chi connectivity index (χ4n) is 0.405. The number of carboxylic acid groups (broad SMARTS) is 1. The molecule has 1 aromatic rings. The molecule has 5 heteroatoms. The Kier molecular flexibility index (Phi) is 5.60. The van der Waals surface area contributed by atoms with Gasteiger partial charge in [0.1, 0.15) is 5.69 Å². The first-order valence-electron chi connectivity index (χ1n) is 2.28. The summed E-state index contributed by atoms with van der Waals surface area (Å²) in [6.07, 6.45) is 3.83. The molecule has 0 aliphatic heterocycles. The zero-order chi connectivity index (χ0) is 6.69. The van der Waals surface area contributed by atoms with Gasteiger partial charge in [-0.2, -0.15) is 0 Å². The zero-order valence-electron chi connectivity index (χ0n) is 5.44. The number of carboxylic acids is 1. The van der Waals surface area contributed by atoms with Crippen LogP contribution in [0.15, 0.2) is 18.6 Å². The Labute approximate surface area is 116 Å². The standard InChI is InChI=1S/C5H4N2O2.Cs/c8-5(9)4-3-6-1-2-7-4;/h1-3H,(H,8,9);/q;+1/p-1. The summed E-state index contributed by atoms with van der Waals surface area (Å²) in [5.74, 6) is -1.30. The predicted molar refractivity (Wildman–Crippen MR) is 26.4 cm³/mol. The van der Waals surface area contributed by atoms with Gasteiger partial charge in [0, 0.05) is 12.4 Å². The molecule has 46 valence electrons. The average molecular weight is 256 g/mol. The summed E-state index contributed by atoms with van der Waals surface area (Å²) in [6.45, 7) is 0. The van der Waals surface area contributed by atoms with Crippen LogP contribution in [-0.4, -0.2) is 15.9 Å². The van der Waals surface area contributed by atoms with E-state index in [1.807, 2.05) is 0 Å². The van der Waals surface area contributed by atoms with Gasteiger partial charge in [-0.1, -0.05) is 0 Å². The molecule has 4 nitrogen and oxygen atoms in total. The minimum atomic E-state index is -1.30. The van der Waals surface area contributed by atoms with E-state index in [-0.39, 0.29) is 74.6 Å². The molecule has 0 unspecified atom stereocenters. The number of aromatic nitrogens is 2. The number of rotatable bonds is 1. The van der Waals surface area contributed by atoms with Crippen LogP contribution in [0.3, 0.4) is 0 Å². The van der Waals surface area contributed by atoms with Gasteiger partial charge >= 0.3 is 68.9 Å². The van der Waals surface area contributed by atoms with E-state index in [1.165, 1.54) is 12.4 Å². The molecule has 0 fully saturated rings. The molecule has 0 spiro atoms. The summed E-state index contributed by atoms with van der Waals surface area (Å²) < 4.78 is 0. The van der Waals surface area contributed by atoms with E-state index in [2.05, 4.69) is 9.97 Å². The van der Waals surface area contributed by atoms with Crippen LogP contribution in [0.2, 0.25) is 0 Å². The Balaban J connectivity index is 0.000000810. The van der Waals surface area contributed by atoms with E-state index in [1.54, 1.807) is 0 Å². The average Bonchev–Trinajstić information content (AvgIpc) is 1.90. The smallest absolute Gasteiger partial charge is 0.543 e. The molecule has 1 rings (SSSR count). The van der Waals surface area contributed by atoms with Crippen LogP contribution < -0.4 is 74.0 Å². The monoisotopic (exact) mass is 256 g/mol. The molecule has 0 bridgehead atoms. The fraction of sp³-hybridized carbons (Fsp3) is 0. The summed E-state index contributed by atoms with van der Waals surface area (Å²) in [4.78, 5) is 17.0. The van der Waals surface area contributed by atoms with Crippen molar-refractivity contribution in [2.45, 2.75) is 0 Å². The quantitative estimate of drug-likeness (QED) is 0.511. The van der Waals surface area contributed by atoms with Crippen LogP contribution in [0.1, 0.15) is 10.5 Å². The first kappa shape index (κ1) is 10.6. The van der Waals surface area contributed by atoms with Crippen molar-refractivity contribution >= 4 is 5.97 Å². The summed E-state index contributed by atoms with van der Waals surface area (Å²) in [6, 6.07) is 0. The third-order valence-corrected chi connectivity index (χ3v) is 0.772. The van der Waals surface area contributed by atoms with E-state index < -0.39 is 5.97 Å². The molecule has 0 aliphatic rings. The molecule has 0 saturated heterocycles. The largest absolute Gasteiger partial charge is 1.00 e. The van der Waals surface area contributed by atoms with Gasteiger partial charge < -0.3 is 9.90 Å². The first-order chi connectivity index (χ1) is 4.30. The van der Waals surface area contributed by atoms with Gasteiger partial charge in [0.05, 0.1) is 12.2 Å². The normalized spacial score (nSPS) is 8.00. The Bertz CT molecular complexity index is 214. The van der Waals surface area contributed by atoms with Crippen LogP contribution in [0.5, 0.6) is 0 Å². The summed E-state index contributed by atoms with van der Waals surface area (Å²) in [5, 5.41) is 9.99. The van der Waals surface area contributed by atoms with Gasteiger partial charge in [-0.25, -0.2) is 0 Å². The molecule has 0 aliphatic carbocycles. The van der Waals surface area contributed by atoms with E-state index >= 15 is 0 Å². The third kappa shape index (κ3) is 3.13. The van der Waals surface area contributed by atoms with E-state index in [4.69, 9.17) is 0 Å². The number of carbonyl (C=O) groups excluding carboxylic acids is 1. The SMILES string of the molecule is O=C([O-])c1cnccn1.[Cs+]. The van der Waals surface area contributed by atoms with E-state index in [9.17, 15) is 9.90 Å². The Morgan fingerprint density at radius 3 is 2.50 bits per heavy atom. The van der Waals surface area contributed by atoms with Crippen LogP contribution >= 0.6 is 0 Å². The van der Waals surface area contributed by atoms with Gasteiger partial charge in [-0.15, -0.1) is 0 Å². The number of carbonyl (C=O) groups is 1. The molecular formula is C5H3CsN2O2. The van der Waals surface area contributed by atoms with Gasteiger partial charge in [-0.3, -0.25) is 9.97 Å². The first-order valence-corrected chi connectivity index (χ1v) is 2.28. The van der Waals surface area contributed by atoms with Crippen molar-refractivity contribution < 1.29 is 78.8 Å². The topological polar surface area (TPSA) is 65.9 Å². The second-order valence-electron chi connectivity index (χ2n) is 1.38. The number of hydrogen-bond acceptors (Lipinski definition) is 4. The van der Waals surface area contributed by atoms with Gasteiger partial charge in [0.25, 0.3) is 0 Å². The molecule has 0 N–H and O–H groups in total. The molecule has 0 radical (unpaired) electrons. The van der Waals surface area contributed by atoms with Crippen molar-refractivity contribution in [2.24, 2.45) is 0 Å². The van der Waals surface area contributed by atoms with Gasteiger partial charge in [0.15, 0.2) is 0 Å². The Morgan fingerprint density at radius 1 is 1.50 bits per heavy atom. The summed E-state index contributed by atoms with van der Waals surface area (Å²) in [7, 11) is 0. The number of nitrogens with zero attached hydrogens (tertiary/aromatic N) is 2. The van der Waals surface area contributed by atoms with E-state index in [0.29, 0.717) is 0 Å². The maximum absolute atomic E-state index is 9.99. The van der Waals surface area contributed by atoms with Crippen molar-refractivity contribution in [2.75, 3.05) is 0 Å². The minimum absolute atomic E-state index is 0. The molecule has 1 aromatic heterocycles. The van der Waals surface area contributed by atoms with Crippen LogP contribution in [-0.2, 0) is 0 Å². The Morgan fingerprint density at radius 2 is 2.20 bits per heavy atom. The molecule has 0 amide bonds. The second-order valence-corrected chi connectivity index (χ2v) is 1.38. The van der Waals surface area contributed by atoms with Gasteiger partial charge in [0.2, 0.25) is 0 Å². The van der Waals surface area contributed by atoms with Crippen LogP contribution in [0, 0.1) is 0 Å². The molecule has 10 heavy (non-hydrogen) atoms. The molecule has 0 saturated carbocycles. The van der Waals surface area contributed by atoms with Crippen LogP contribution in [0.25, 0.3) is 0 Å². The van der Waals surface area contributed by atoms with Gasteiger partial charge in [-0.05, 0) is 0 Å². The van der Waals surface area contributed by atoms with Crippen molar-refractivity contribution in [3.05, 3.63) is 24.3 Å². The van der Waals surface area contributed by atoms with Crippen molar-refractivity contribution in [3.63, 3.8) is 0 Å². The predicted octanol–water partition coefficient (Wildman–Crippen LogP) is -4.16.